The van der Waals surface area contributed by atoms with E-state index in [1.807, 2.05) is 0 Å². The Morgan fingerprint density at radius 1 is 1.04 bits per heavy atom. The van der Waals surface area contributed by atoms with Crippen molar-refractivity contribution in [1.29, 1.82) is 0 Å². The summed E-state index contributed by atoms with van der Waals surface area (Å²) in [5.41, 5.74) is -0.0807. The summed E-state index contributed by atoms with van der Waals surface area (Å²) in [7, 11) is 0. The Morgan fingerprint density at radius 3 is 2.15 bits per heavy atom. The Morgan fingerprint density at radius 2 is 1.62 bits per heavy atom. The van der Waals surface area contributed by atoms with Gasteiger partial charge in [0.15, 0.2) is 11.5 Å². The van der Waals surface area contributed by atoms with Crippen LogP contribution < -0.4 is 9.62 Å². The molecule has 0 unspecified atom stereocenters. The van der Waals surface area contributed by atoms with Gasteiger partial charge < -0.3 is 19.8 Å². The predicted octanol–water partition coefficient (Wildman–Crippen LogP) is 3.14. The quantitative estimate of drug-likeness (QED) is 0.142. The first kappa shape index (κ1) is 19.0. The number of ether oxygens (including phenoxy) is 1. The zero-order chi connectivity index (χ0) is 19.1. The monoisotopic (exact) mass is 358 g/mol. The first-order valence-electron chi connectivity index (χ1n) is 7.78. The van der Waals surface area contributed by atoms with E-state index in [1.165, 1.54) is 42.5 Å². The summed E-state index contributed by atoms with van der Waals surface area (Å²) < 4.78 is 4.97. The fraction of sp³-hybridized carbons (Fsp3) is 0.158. The van der Waals surface area contributed by atoms with Crippen molar-refractivity contribution in [3.8, 4) is 23.0 Å². The number of hydrogen-bond donors (Lipinski definition) is 2. The molecule has 26 heavy (non-hydrogen) atoms. The molecule has 0 bridgehead atoms. The molecule has 0 saturated carbocycles. The Balaban J connectivity index is 2.20. The number of phenolic OH excluding ortho intramolecular Hbond substituents is 2. The molecule has 0 aromatic heterocycles. The maximum Gasteiger partial charge on any atom is 0.310 e. The summed E-state index contributed by atoms with van der Waals surface area (Å²) in [6.45, 7) is 5.26. The number of carbonyl (C=O) groups excluding carboxylic acids is 2. The molecular weight excluding hydrogens is 340 g/mol. The van der Waals surface area contributed by atoms with Crippen molar-refractivity contribution in [3.05, 3.63) is 60.2 Å². The zero-order valence-corrected chi connectivity index (χ0v) is 14.1. The number of esters is 1. The summed E-state index contributed by atoms with van der Waals surface area (Å²) in [6, 6.07) is 7.85. The highest BCUT2D eigenvalue weighted by atomic mass is 17.2. The highest BCUT2D eigenvalue weighted by Crippen LogP contribution is 2.30. The number of hydrogen-bond acceptors (Lipinski definition) is 7. The molecule has 0 saturated heterocycles. The summed E-state index contributed by atoms with van der Waals surface area (Å²) in [5.74, 6) is -1.45. The third kappa shape index (κ3) is 4.61. The Hall–Kier alpha value is -3.32. The third-order valence-corrected chi connectivity index (χ3v) is 3.29. The molecule has 0 heterocycles. The van der Waals surface area contributed by atoms with Crippen molar-refractivity contribution in [3.63, 3.8) is 0 Å². The SMILES string of the molecule is C=CCOOc1ccc(C(=O)c2ccc(OC(=O)CC)cc2O)c(O)c1. The van der Waals surface area contributed by atoms with Crippen molar-refractivity contribution < 1.29 is 34.3 Å². The second kappa shape index (κ2) is 8.68. The molecule has 0 aliphatic carbocycles. The first-order chi connectivity index (χ1) is 12.5. The van der Waals surface area contributed by atoms with Gasteiger partial charge in [0.2, 0.25) is 0 Å². The molecule has 2 rings (SSSR count). The van der Waals surface area contributed by atoms with Crippen LogP contribution in [0.1, 0.15) is 29.3 Å². The van der Waals surface area contributed by atoms with E-state index in [0.29, 0.717) is 0 Å². The maximum absolute atomic E-state index is 12.5. The molecule has 0 spiro atoms. The molecule has 7 heteroatoms. The minimum atomic E-state index is -0.605. The van der Waals surface area contributed by atoms with Gasteiger partial charge in [0.1, 0.15) is 23.9 Å². The van der Waals surface area contributed by atoms with Crippen LogP contribution in [-0.2, 0) is 9.68 Å². The van der Waals surface area contributed by atoms with E-state index in [4.69, 9.17) is 14.5 Å². The summed E-state index contributed by atoms with van der Waals surface area (Å²) in [6.07, 6.45) is 1.67. The van der Waals surface area contributed by atoms with E-state index in [0.717, 1.165) is 0 Å². The van der Waals surface area contributed by atoms with Crippen molar-refractivity contribution in [2.24, 2.45) is 0 Å². The molecular formula is C19H18O7. The van der Waals surface area contributed by atoms with Crippen LogP contribution in [0, 0.1) is 0 Å². The van der Waals surface area contributed by atoms with Gasteiger partial charge in [-0.2, -0.15) is 4.89 Å². The second-order valence-electron chi connectivity index (χ2n) is 5.17. The number of aromatic hydroxyl groups is 2. The smallest absolute Gasteiger partial charge is 0.310 e. The van der Waals surface area contributed by atoms with E-state index >= 15 is 0 Å². The summed E-state index contributed by atoms with van der Waals surface area (Å²) in [5, 5.41) is 20.1. The lowest BCUT2D eigenvalue weighted by Crippen LogP contribution is -2.07. The fourth-order valence-corrected chi connectivity index (χ4v) is 2.02. The molecule has 0 fully saturated rings. The van der Waals surface area contributed by atoms with E-state index in [2.05, 4.69) is 6.58 Å². The van der Waals surface area contributed by atoms with Gasteiger partial charge in [-0.1, -0.05) is 13.0 Å². The Bertz CT molecular complexity index is 827. The van der Waals surface area contributed by atoms with Gasteiger partial charge in [-0.15, -0.1) is 6.58 Å². The van der Waals surface area contributed by atoms with Gasteiger partial charge in [-0.3, -0.25) is 9.59 Å². The lowest BCUT2D eigenvalue weighted by molar-refractivity contribution is -0.195. The number of phenols is 2. The van der Waals surface area contributed by atoms with Crippen LogP contribution in [-0.4, -0.2) is 28.6 Å². The van der Waals surface area contributed by atoms with Crippen LogP contribution in [0.4, 0.5) is 0 Å². The molecule has 0 aliphatic rings. The fourth-order valence-electron chi connectivity index (χ4n) is 2.02. The molecule has 0 atom stereocenters. The highest BCUT2D eigenvalue weighted by Gasteiger charge is 2.19. The van der Waals surface area contributed by atoms with Gasteiger partial charge >= 0.3 is 5.97 Å². The van der Waals surface area contributed by atoms with Gasteiger partial charge in [0, 0.05) is 18.6 Å². The topological polar surface area (TPSA) is 102 Å². The van der Waals surface area contributed by atoms with Crippen molar-refractivity contribution in [2.75, 3.05) is 6.61 Å². The Kier molecular flexibility index (Phi) is 6.35. The molecule has 0 aliphatic heterocycles. The minimum absolute atomic E-state index is 0.0327. The summed E-state index contributed by atoms with van der Waals surface area (Å²) >= 11 is 0. The third-order valence-electron chi connectivity index (χ3n) is 3.29. The Labute approximate surface area is 150 Å². The maximum atomic E-state index is 12.5. The van der Waals surface area contributed by atoms with Gasteiger partial charge in [0.05, 0.1) is 11.1 Å². The van der Waals surface area contributed by atoms with Crippen molar-refractivity contribution in [1.82, 2.24) is 0 Å². The second-order valence-corrected chi connectivity index (χ2v) is 5.17. The van der Waals surface area contributed by atoms with E-state index < -0.39 is 11.8 Å². The van der Waals surface area contributed by atoms with Crippen molar-refractivity contribution in [2.45, 2.75) is 13.3 Å². The molecule has 2 N–H and O–H groups in total. The number of carbonyl (C=O) groups is 2. The molecule has 136 valence electrons. The molecule has 0 amide bonds. The number of benzene rings is 2. The largest absolute Gasteiger partial charge is 0.507 e. The van der Waals surface area contributed by atoms with E-state index in [1.54, 1.807) is 6.92 Å². The average Bonchev–Trinajstić information content (AvgIpc) is 2.61. The van der Waals surface area contributed by atoms with Crippen LogP contribution in [0.25, 0.3) is 0 Å². The van der Waals surface area contributed by atoms with Crippen molar-refractivity contribution >= 4 is 11.8 Å². The van der Waals surface area contributed by atoms with Crippen LogP contribution in [0.15, 0.2) is 49.1 Å². The van der Waals surface area contributed by atoms with Gasteiger partial charge in [-0.25, -0.2) is 0 Å². The van der Waals surface area contributed by atoms with Crippen LogP contribution in [0.2, 0.25) is 0 Å². The van der Waals surface area contributed by atoms with Crippen LogP contribution in [0.3, 0.4) is 0 Å². The molecule has 2 aromatic rings. The molecule has 0 radical (unpaired) electrons. The molecule has 7 nitrogen and oxygen atoms in total. The minimum Gasteiger partial charge on any atom is -0.507 e. The highest BCUT2D eigenvalue weighted by molar-refractivity contribution is 6.12. The van der Waals surface area contributed by atoms with E-state index in [-0.39, 0.29) is 47.2 Å². The van der Waals surface area contributed by atoms with E-state index in [9.17, 15) is 19.8 Å². The van der Waals surface area contributed by atoms with Crippen LogP contribution in [0.5, 0.6) is 23.0 Å². The predicted molar refractivity (Wildman–Crippen MR) is 92.3 cm³/mol. The zero-order valence-electron chi connectivity index (χ0n) is 14.1. The number of ketones is 1. The van der Waals surface area contributed by atoms with Gasteiger partial charge in [0.25, 0.3) is 0 Å². The molecule has 2 aromatic carbocycles. The first-order valence-corrected chi connectivity index (χ1v) is 7.78. The lowest BCUT2D eigenvalue weighted by atomic mass is 10.0. The number of rotatable bonds is 8. The lowest BCUT2D eigenvalue weighted by Gasteiger charge is -2.09. The normalized spacial score (nSPS) is 10.2. The average molecular weight is 358 g/mol. The summed E-state index contributed by atoms with van der Waals surface area (Å²) in [4.78, 5) is 33.5. The van der Waals surface area contributed by atoms with Crippen LogP contribution >= 0.6 is 0 Å². The standard InChI is InChI=1S/C19H18O7/c1-3-9-24-26-13-6-8-15(17(21)11-13)19(23)14-7-5-12(10-16(14)20)25-18(22)4-2/h3,5-8,10-11,20-21H,1,4,9H2,2H3. The van der Waals surface area contributed by atoms with Gasteiger partial charge in [-0.05, 0) is 24.3 Å².